The highest BCUT2D eigenvalue weighted by molar-refractivity contribution is 5.66. The van der Waals surface area contributed by atoms with E-state index in [-0.39, 0.29) is 0 Å². The second-order valence-corrected chi connectivity index (χ2v) is 7.74. The second kappa shape index (κ2) is 4.00. The molecular weight excluding hydrogens is 252 g/mol. The lowest BCUT2D eigenvalue weighted by atomic mass is 10.1. The van der Waals surface area contributed by atoms with E-state index in [0.717, 1.165) is 24.7 Å². The number of ether oxygens (including phenoxy) is 1. The molecule has 0 aromatic rings. The van der Waals surface area contributed by atoms with Crippen LogP contribution in [0.4, 0.5) is 0 Å². The minimum Gasteiger partial charge on any atom is -0.481 e. The lowest BCUT2D eigenvalue weighted by Crippen LogP contribution is -2.02. The normalized spacial score (nSPS) is 49.9. The fourth-order valence-electron chi connectivity index (χ4n) is 5.32. The predicted molar refractivity (Wildman–Crippen MR) is 75.4 cm³/mol. The summed E-state index contributed by atoms with van der Waals surface area (Å²) < 4.78 is 6.27. The molecule has 5 unspecified atom stereocenters. The molecule has 1 saturated heterocycles. The average molecular weight is 278 g/mol. The summed E-state index contributed by atoms with van der Waals surface area (Å²) in [7, 11) is 0. The Morgan fingerprint density at radius 3 is 2.80 bits per heavy atom. The Balaban J connectivity index is 1.19. The van der Waals surface area contributed by atoms with Gasteiger partial charge in [-0.05, 0) is 50.4 Å². The van der Waals surface area contributed by atoms with Crippen LogP contribution in [0.15, 0.2) is 0 Å². The van der Waals surface area contributed by atoms with Crippen molar-refractivity contribution in [3.63, 3.8) is 0 Å². The SMILES string of the molecule is CCCC1CC12OC21CC12CC2CCCCCC(=O)O. The van der Waals surface area contributed by atoms with Gasteiger partial charge in [0.25, 0.3) is 0 Å². The van der Waals surface area contributed by atoms with Crippen LogP contribution in [-0.4, -0.2) is 22.3 Å². The van der Waals surface area contributed by atoms with Gasteiger partial charge < -0.3 is 9.84 Å². The Kier molecular flexibility index (Phi) is 2.62. The second-order valence-electron chi connectivity index (χ2n) is 7.74. The molecule has 0 aromatic heterocycles. The summed E-state index contributed by atoms with van der Waals surface area (Å²) in [6, 6.07) is 0. The van der Waals surface area contributed by atoms with Gasteiger partial charge in [0, 0.05) is 11.8 Å². The van der Waals surface area contributed by atoms with Crippen LogP contribution in [0.5, 0.6) is 0 Å². The molecule has 4 aliphatic rings. The Hall–Kier alpha value is -0.570. The van der Waals surface area contributed by atoms with Gasteiger partial charge in [-0.1, -0.05) is 26.2 Å². The van der Waals surface area contributed by atoms with Crippen molar-refractivity contribution in [2.45, 2.75) is 82.3 Å². The summed E-state index contributed by atoms with van der Waals surface area (Å²) in [5, 5.41) is 8.62. The summed E-state index contributed by atoms with van der Waals surface area (Å²) in [4.78, 5) is 10.5. The van der Waals surface area contributed by atoms with Gasteiger partial charge in [0.15, 0.2) is 0 Å². The Morgan fingerprint density at radius 2 is 2.05 bits per heavy atom. The van der Waals surface area contributed by atoms with Gasteiger partial charge in [-0.3, -0.25) is 4.79 Å². The molecule has 3 heteroatoms. The first kappa shape index (κ1) is 13.1. The monoisotopic (exact) mass is 278 g/mol. The molecule has 3 aliphatic carbocycles. The zero-order valence-electron chi connectivity index (χ0n) is 12.5. The Morgan fingerprint density at radius 1 is 1.20 bits per heavy atom. The van der Waals surface area contributed by atoms with Gasteiger partial charge in [0.1, 0.15) is 11.2 Å². The maximum atomic E-state index is 10.5. The van der Waals surface area contributed by atoms with Crippen molar-refractivity contribution in [1.29, 1.82) is 0 Å². The fraction of sp³-hybridized carbons (Fsp3) is 0.941. The van der Waals surface area contributed by atoms with Crippen LogP contribution in [-0.2, 0) is 9.53 Å². The van der Waals surface area contributed by atoms with E-state index in [9.17, 15) is 4.79 Å². The molecule has 4 fully saturated rings. The molecule has 0 bridgehead atoms. The van der Waals surface area contributed by atoms with Gasteiger partial charge in [-0.15, -0.1) is 0 Å². The number of hydrogen-bond donors (Lipinski definition) is 1. The van der Waals surface area contributed by atoms with Crippen LogP contribution in [0.1, 0.15) is 71.1 Å². The quantitative estimate of drug-likeness (QED) is 0.543. The van der Waals surface area contributed by atoms with Crippen LogP contribution in [0.25, 0.3) is 0 Å². The van der Waals surface area contributed by atoms with Crippen LogP contribution < -0.4 is 0 Å². The molecule has 1 N–H and O–H groups in total. The van der Waals surface area contributed by atoms with Crippen LogP contribution in [0, 0.1) is 17.3 Å². The number of carboxylic acids is 1. The highest BCUT2D eigenvalue weighted by Crippen LogP contribution is 2.95. The molecule has 20 heavy (non-hydrogen) atoms. The topological polar surface area (TPSA) is 49.8 Å². The first-order valence-corrected chi connectivity index (χ1v) is 8.52. The number of epoxide rings is 1. The van der Waals surface area contributed by atoms with E-state index in [1.807, 2.05) is 0 Å². The van der Waals surface area contributed by atoms with E-state index in [2.05, 4.69) is 6.92 Å². The molecule has 4 rings (SSSR count). The molecule has 3 saturated carbocycles. The summed E-state index contributed by atoms with van der Waals surface area (Å²) in [5.74, 6) is 1.12. The van der Waals surface area contributed by atoms with Gasteiger partial charge in [-0.2, -0.15) is 0 Å². The number of fused-ring (bicyclic) bond motifs is 2. The highest BCUT2D eigenvalue weighted by atomic mass is 16.7. The lowest BCUT2D eigenvalue weighted by molar-refractivity contribution is -0.137. The third kappa shape index (κ3) is 1.59. The van der Waals surface area contributed by atoms with Crippen molar-refractivity contribution in [3.8, 4) is 0 Å². The van der Waals surface area contributed by atoms with Gasteiger partial charge >= 0.3 is 5.97 Å². The van der Waals surface area contributed by atoms with Crippen molar-refractivity contribution in [2.75, 3.05) is 0 Å². The zero-order valence-corrected chi connectivity index (χ0v) is 12.5. The van der Waals surface area contributed by atoms with Crippen LogP contribution in [0.3, 0.4) is 0 Å². The number of hydrogen-bond acceptors (Lipinski definition) is 2. The first-order chi connectivity index (χ1) is 9.60. The van der Waals surface area contributed by atoms with E-state index < -0.39 is 5.97 Å². The van der Waals surface area contributed by atoms with Crippen LogP contribution >= 0.6 is 0 Å². The van der Waals surface area contributed by atoms with Crippen molar-refractivity contribution in [3.05, 3.63) is 0 Å². The van der Waals surface area contributed by atoms with E-state index >= 15 is 0 Å². The van der Waals surface area contributed by atoms with Gasteiger partial charge in [0.2, 0.25) is 0 Å². The highest BCUT2D eigenvalue weighted by Gasteiger charge is 3.00. The molecule has 112 valence electrons. The van der Waals surface area contributed by atoms with Crippen molar-refractivity contribution in [1.82, 2.24) is 0 Å². The minimum atomic E-state index is -0.655. The lowest BCUT2D eigenvalue weighted by Gasteiger charge is -1.98. The molecule has 3 nitrogen and oxygen atoms in total. The summed E-state index contributed by atoms with van der Waals surface area (Å²) >= 11 is 0. The first-order valence-electron chi connectivity index (χ1n) is 8.52. The van der Waals surface area contributed by atoms with Crippen molar-refractivity contribution < 1.29 is 14.6 Å². The van der Waals surface area contributed by atoms with E-state index in [0.29, 0.717) is 23.0 Å². The molecule has 1 heterocycles. The molecular formula is C17H26O3. The summed E-state index contributed by atoms with van der Waals surface area (Å²) in [6.07, 6.45) is 11.5. The van der Waals surface area contributed by atoms with Crippen molar-refractivity contribution in [2.24, 2.45) is 17.3 Å². The Labute approximate surface area is 121 Å². The van der Waals surface area contributed by atoms with Crippen LogP contribution in [0.2, 0.25) is 0 Å². The molecule has 0 amide bonds. The number of carboxylic acid groups (broad SMARTS) is 1. The smallest absolute Gasteiger partial charge is 0.303 e. The maximum Gasteiger partial charge on any atom is 0.303 e. The molecule has 1 aliphatic heterocycles. The van der Waals surface area contributed by atoms with Gasteiger partial charge in [-0.25, -0.2) is 0 Å². The largest absolute Gasteiger partial charge is 0.481 e. The third-order valence-electron chi connectivity index (χ3n) is 6.60. The number of aliphatic carboxylic acids is 1. The standard InChI is InChI=1S/C17H26O3/c1-2-6-13-10-16(13)17(20-16)11-15(17)9-12(15)7-4-3-5-8-14(18)19/h12-13H,2-11H2,1H3,(H,18,19). The number of carbonyl (C=O) groups is 1. The van der Waals surface area contributed by atoms with E-state index in [1.165, 1.54) is 44.9 Å². The Bertz CT molecular complexity index is 448. The summed E-state index contributed by atoms with van der Waals surface area (Å²) in [5.41, 5.74) is 1.31. The molecule has 5 atom stereocenters. The molecule has 0 aromatic carbocycles. The molecule has 3 spiro atoms. The maximum absolute atomic E-state index is 10.5. The predicted octanol–water partition coefficient (Wildman–Crippen LogP) is 3.76. The average Bonchev–Trinajstić information content (AvgIpc) is 3.28. The van der Waals surface area contributed by atoms with Crippen molar-refractivity contribution >= 4 is 5.97 Å². The van der Waals surface area contributed by atoms with E-state index in [4.69, 9.17) is 9.84 Å². The van der Waals surface area contributed by atoms with Gasteiger partial charge in [0.05, 0.1) is 0 Å². The molecule has 0 radical (unpaired) electrons. The number of rotatable bonds is 8. The minimum absolute atomic E-state index is 0.338. The third-order valence-corrected chi connectivity index (χ3v) is 6.60. The number of unbranched alkanes of at least 4 members (excludes halogenated alkanes) is 2. The van der Waals surface area contributed by atoms with E-state index in [1.54, 1.807) is 0 Å². The zero-order chi connectivity index (χ0) is 14.0. The fourth-order valence-corrected chi connectivity index (χ4v) is 5.32. The summed E-state index contributed by atoms with van der Waals surface area (Å²) in [6.45, 7) is 2.28.